The van der Waals surface area contributed by atoms with Crippen molar-refractivity contribution in [1.82, 2.24) is 0 Å². The van der Waals surface area contributed by atoms with Crippen LogP contribution in [0, 0.1) is 13.7 Å². The van der Waals surface area contributed by atoms with Crippen molar-refractivity contribution < 1.29 is 13.7 Å². The first-order chi connectivity index (χ1) is 6.45. The molecule has 0 N–H and O–H groups in total. The lowest BCUT2D eigenvalue weighted by Crippen LogP contribution is -1.99. The molecule has 0 saturated heterocycles. The Morgan fingerprint density at radius 2 is 2.07 bits per heavy atom. The first-order valence-corrected chi connectivity index (χ1v) is 4.81. The second-order valence-corrected chi connectivity index (χ2v) is 3.92. The molecular formula is C7H3ClF2INO2. The van der Waals surface area contributed by atoms with Crippen LogP contribution in [-0.4, -0.2) is 4.92 Å². The van der Waals surface area contributed by atoms with Crippen LogP contribution in [0.25, 0.3) is 0 Å². The van der Waals surface area contributed by atoms with Crippen molar-refractivity contribution in [2.24, 2.45) is 0 Å². The van der Waals surface area contributed by atoms with Crippen molar-refractivity contribution >= 4 is 39.9 Å². The van der Waals surface area contributed by atoms with Crippen LogP contribution in [0.2, 0.25) is 5.02 Å². The summed E-state index contributed by atoms with van der Waals surface area (Å²) in [5.41, 5.74) is -1.34. The zero-order valence-corrected chi connectivity index (χ0v) is 9.42. The van der Waals surface area contributed by atoms with Crippen molar-refractivity contribution in [1.29, 1.82) is 0 Å². The summed E-state index contributed by atoms with van der Waals surface area (Å²) in [5, 5.41) is 10.2. The maximum Gasteiger partial charge on any atom is 0.293 e. The predicted octanol–water partition coefficient (Wildman–Crippen LogP) is 3.79. The molecule has 0 unspecified atom stereocenters. The number of hydrogen-bond acceptors (Lipinski definition) is 2. The summed E-state index contributed by atoms with van der Waals surface area (Å²) in [6.07, 6.45) is -2.95. The maximum atomic E-state index is 12.4. The number of halogens is 4. The highest BCUT2D eigenvalue weighted by atomic mass is 127. The molecule has 0 heterocycles. The van der Waals surface area contributed by atoms with Crippen LogP contribution in [0.3, 0.4) is 0 Å². The second kappa shape index (κ2) is 4.35. The van der Waals surface area contributed by atoms with Crippen LogP contribution < -0.4 is 0 Å². The molecule has 0 bridgehead atoms. The summed E-state index contributed by atoms with van der Waals surface area (Å²) in [7, 11) is 0. The van der Waals surface area contributed by atoms with Gasteiger partial charge in [0.2, 0.25) is 0 Å². The first kappa shape index (κ1) is 11.6. The third-order valence-electron chi connectivity index (χ3n) is 1.52. The molecule has 0 aliphatic carbocycles. The Morgan fingerprint density at radius 1 is 1.50 bits per heavy atom. The van der Waals surface area contributed by atoms with E-state index in [9.17, 15) is 18.9 Å². The van der Waals surface area contributed by atoms with Gasteiger partial charge in [0.1, 0.15) is 5.56 Å². The van der Waals surface area contributed by atoms with Gasteiger partial charge in [0.05, 0.1) is 13.5 Å². The Bertz CT molecular complexity index is 386. The zero-order chi connectivity index (χ0) is 10.9. The van der Waals surface area contributed by atoms with Gasteiger partial charge in [-0.3, -0.25) is 10.1 Å². The third kappa shape index (κ3) is 2.11. The van der Waals surface area contributed by atoms with Crippen molar-refractivity contribution in [2.45, 2.75) is 6.43 Å². The van der Waals surface area contributed by atoms with Crippen molar-refractivity contribution in [2.75, 3.05) is 0 Å². The van der Waals surface area contributed by atoms with Crippen LogP contribution in [0.4, 0.5) is 14.5 Å². The summed E-state index contributed by atoms with van der Waals surface area (Å²) < 4.78 is 25.0. The van der Waals surface area contributed by atoms with Gasteiger partial charge in [-0.2, -0.15) is 0 Å². The normalized spacial score (nSPS) is 10.6. The molecule has 1 aromatic rings. The molecule has 14 heavy (non-hydrogen) atoms. The summed E-state index contributed by atoms with van der Waals surface area (Å²) in [4.78, 5) is 9.66. The molecule has 0 spiro atoms. The number of benzene rings is 1. The van der Waals surface area contributed by atoms with Crippen LogP contribution in [0.1, 0.15) is 12.0 Å². The minimum absolute atomic E-state index is 0.146. The van der Waals surface area contributed by atoms with Gasteiger partial charge in [-0.05, 0) is 34.7 Å². The van der Waals surface area contributed by atoms with E-state index >= 15 is 0 Å². The van der Waals surface area contributed by atoms with Crippen LogP contribution in [0.15, 0.2) is 12.1 Å². The standard InChI is InChI=1S/C7H3ClF2INO2/c8-3-1-2-4(11)6(12(13)14)5(3)7(9)10/h1-2,7H. The van der Waals surface area contributed by atoms with E-state index in [2.05, 4.69) is 0 Å². The highest BCUT2D eigenvalue weighted by Crippen LogP contribution is 2.37. The number of rotatable bonds is 2. The molecule has 0 aliphatic rings. The van der Waals surface area contributed by atoms with E-state index in [4.69, 9.17) is 11.6 Å². The lowest BCUT2D eigenvalue weighted by molar-refractivity contribution is -0.387. The van der Waals surface area contributed by atoms with Crippen LogP contribution in [-0.2, 0) is 0 Å². The lowest BCUT2D eigenvalue weighted by atomic mass is 10.2. The Balaban J connectivity index is 3.50. The minimum atomic E-state index is -2.95. The van der Waals surface area contributed by atoms with E-state index in [1.807, 2.05) is 0 Å². The summed E-state index contributed by atoms with van der Waals surface area (Å²) in [5.74, 6) is 0. The highest BCUT2D eigenvalue weighted by Gasteiger charge is 2.27. The fourth-order valence-corrected chi connectivity index (χ4v) is 1.85. The predicted molar refractivity (Wildman–Crippen MR) is 55.8 cm³/mol. The molecule has 0 fully saturated rings. The largest absolute Gasteiger partial charge is 0.293 e. The minimum Gasteiger partial charge on any atom is -0.258 e. The number of nitro groups is 1. The second-order valence-electron chi connectivity index (χ2n) is 2.35. The Hall–Kier alpha value is -0.500. The quantitative estimate of drug-likeness (QED) is 0.469. The van der Waals surface area contributed by atoms with E-state index in [0.717, 1.165) is 0 Å². The average molecular weight is 333 g/mol. The SMILES string of the molecule is O=[N+]([O-])c1c(I)ccc(Cl)c1C(F)F. The molecule has 0 radical (unpaired) electrons. The van der Waals surface area contributed by atoms with Crippen molar-refractivity contribution in [3.63, 3.8) is 0 Å². The van der Waals surface area contributed by atoms with Crippen molar-refractivity contribution in [3.8, 4) is 0 Å². The molecule has 1 rings (SSSR count). The monoisotopic (exact) mass is 333 g/mol. The summed E-state index contributed by atoms with van der Waals surface area (Å²) >= 11 is 7.07. The van der Waals surface area contributed by atoms with Gasteiger partial charge in [0.15, 0.2) is 0 Å². The smallest absolute Gasteiger partial charge is 0.258 e. The van der Waals surface area contributed by atoms with E-state index in [-0.39, 0.29) is 8.59 Å². The molecular weight excluding hydrogens is 330 g/mol. The number of nitrogens with zero attached hydrogens (tertiary/aromatic N) is 1. The Morgan fingerprint density at radius 3 is 2.43 bits per heavy atom. The average Bonchev–Trinajstić information content (AvgIpc) is 2.07. The fraction of sp³-hybridized carbons (Fsp3) is 0.143. The fourth-order valence-electron chi connectivity index (χ4n) is 0.950. The van der Waals surface area contributed by atoms with Gasteiger partial charge in [-0.15, -0.1) is 0 Å². The molecule has 7 heteroatoms. The third-order valence-corrected chi connectivity index (χ3v) is 2.72. The van der Waals surface area contributed by atoms with E-state index in [1.54, 1.807) is 22.6 Å². The molecule has 0 aromatic heterocycles. The number of nitro benzene ring substituents is 1. The van der Waals surface area contributed by atoms with Crippen LogP contribution >= 0.6 is 34.2 Å². The lowest BCUT2D eigenvalue weighted by Gasteiger charge is -2.05. The van der Waals surface area contributed by atoms with Gasteiger partial charge >= 0.3 is 0 Å². The molecule has 0 atom stereocenters. The number of hydrogen-bond donors (Lipinski definition) is 0. The number of alkyl halides is 2. The molecule has 76 valence electrons. The van der Waals surface area contributed by atoms with Crippen LogP contribution in [0.5, 0.6) is 0 Å². The van der Waals surface area contributed by atoms with Gasteiger partial charge in [-0.25, -0.2) is 8.78 Å². The molecule has 0 amide bonds. The van der Waals surface area contributed by atoms with E-state index in [1.165, 1.54) is 12.1 Å². The molecule has 1 aromatic carbocycles. The van der Waals surface area contributed by atoms with E-state index in [0.29, 0.717) is 0 Å². The topological polar surface area (TPSA) is 43.1 Å². The first-order valence-electron chi connectivity index (χ1n) is 3.35. The van der Waals surface area contributed by atoms with Gasteiger partial charge in [0, 0.05) is 0 Å². The van der Waals surface area contributed by atoms with Gasteiger partial charge in [-0.1, -0.05) is 11.6 Å². The van der Waals surface area contributed by atoms with Gasteiger partial charge < -0.3 is 0 Å². The summed E-state index contributed by atoms with van der Waals surface area (Å²) in [6, 6.07) is 2.55. The molecule has 0 aliphatic heterocycles. The molecule has 0 saturated carbocycles. The maximum absolute atomic E-state index is 12.4. The van der Waals surface area contributed by atoms with Crippen molar-refractivity contribution in [3.05, 3.63) is 36.4 Å². The highest BCUT2D eigenvalue weighted by molar-refractivity contribution is 14.1. The van der Waals surface area contributed by atoms with E-state index < -0.39 is 22.6 Å². The van der Waals surface area contributed by atoms with Gasteiger partial charge in [0.25, 0.3) is 12.1 Å². The zero-order valence-electron chi connectivity index (χ0n) is 6.51. The molecule has 3 nitrogen and oxygen atoms in total. The Kier molecular flexibility index (Phi) is 3.59. The summed E-state index contributed by atoms with van der Waals surface area (Å²) in [6.45, 7) is 0. The Labute approximate surface area is 96.3 Å².